The lowest BCUT2D eigenvalue weighted by Crippen LogP contribution is -2.22. The zero-order valence-electron chi connectivity index (χ0n) is 13.9. The van der Waals surface area contributed by atoms with E-state index < -0.39 is 30.2 Å². The second kappa shape index (κ2) is 4.69. The maximum Gasteiger partial charge on any atom is 0.305 e. The van der Waals surface area contributed by atoms with Gasteiger partial charge in [-0.05, 0) is 18.2 Å². The Kier molecular flexibility index (Phi) is 2.25. The van der Waals surface area contributed by atoms with Crippen molar-refractivity contribution in [1.29, 1.82) is 0 Å². The Hall–Kier alpha value is -2.70. The van der Waals surface area contributed by atoms with Crippen LogP contribution in [0.1, 0.15) is 10.5 Å². The van der Waals surface area contributed by atoms with E-state index in [1.54, 1.807) is 7.05 Å². The molecule has 7 heteroatoms. The Bertz CT molecular complexity index is 1040. The molecule has 0 spiro atoms. The fourth-order valence-electron chi connectivity index (χ4n) is 2.28. The van der Waals surface area contributed by atoms with Crippen molar-refractivity contribution in [1.82, 2.24) is 14.3 Å². The summed E-state index contributed by atoms with van der Waals surface area (Å²) in [6.07, 6.45) is -1.04. The van der Waals surface area contributed by atoms with Crippen LogP contribution in [0.2, 0.25) is 0 Å². The van der Waals surface area contributed by atoms with Gasteiger partial charge in [-0.1, -0.05) is 0 Å². The average Bonchev–Trinajstić information content (AvgIpc) is 2.88. The molecule has 0 fully saturated rings. The molecule has 0 saturated heterocycles. The number of benzene rings is 1. The second-order valence-electron chi connectivity index (χ2n) is 4.44. The molecule has 3 rings (SSSR count). The average molecular weight is 292 g/mol. The van der Waals surface area contributed by atoms with Crippen LogP contribution in [0.4, 0.5) is 4.39 Å². The van der Waals surface area contributed by atoms with Gasteiger partial charge in [0, 0.05) is 20.3 Å². The van der Waals surface area contributed by atoms with Crippen LogP contribution in [-0.2, 0) is 18.3 Å². The van der Waals surface area contributed by atoms with Crippen molar-refractivity contribution in [3.63, 3.8) is 0 Å². The molecular weight excluding hydrogens is 277 g/mol. The fourth-order valence-corrected chi connectivity index (χ4v) is 2.28. The highest BCUT2D eigenvalue weighted by Gasteiger charge is 2.15. The molecule has 0 aliphatic heterocycles. The van der Waals surface area contributed by atoms with E-state index in [0.29, 0.717) is 15.5 Å². The Morgan fingerprint density at radius 1 is 1.48 bits per heavy atom. The molecule has 6 nitrogen and oxygen atoms in total. The van der Waals surface area contributed by atoms with Gasteiger partial charge in [-0.15, -0.1) is 0 Å². The number of hydrogen-bond donors (Lipinski definition) is 1. The summed E-state index contributed by atoms with van der Waals surface area (Å²) in [5.41, 5.74) is -0.641. The minimum atomic E-state index is -2.89. The van der Waals surface area contributed by atoms with Crippen LogP contribution in [0.15, 0.2) is 29.2 Å². The van der Waals surface area contributed by atoms with Gasteiger partial charge < -0.3 is 9.67 Å². The molecule has 1 aromatic carbocycles. The lowest BCUT2D eigenvalue weighted by molar-refractivity contribution is -0.137. The Morgan fingerprint density at radius 2 is 2.24 bits per heavy atom. The zero-order valence-corrected chi connectivity index (χ0v) is 10.9. The van der Waals surface area contributed by atoms with Gasteiger partial charge in [0.1, 0.15) is 5.82 Å². The van der Waals surface area contributed by atoms with E-state index >= 15 is 0 Å². The number of rotatable bonds is 3. The molecule has 1 N–H and O–H groups in total. The monoisotopic (exact) mass is 292 g/mol. The quantitative estimate of drug-likeness (QED) is 0.793. The number of nitrogens with zero attached hydrogens (tertiary/aromatic N) is 3. The third-order valence-corrected chi connectivity index (χ3v) is 3.15. The second-order valence-corrected chi connectivity index (χ2v) is 4.44. The van der Waals surface area contributed by atoms with Crippen LogP contribution in [0.5, 0.6) is 0 Å². The summed E-state index contributed by atoms with van der Waals surface area (Å²) in [7, 11) is 1.58. The molecule has 3 aromatic rings. The van der Waals surface area contributed by atoms with Crippen LogP contribution in [0, 0.1) is 5.82 Å². The summed E-state index contributed by atoms with van der Waals surface area (Å²) in [4.78, 5) is 23.8. The standard InChI is InChI=1S/C14H12FN3O3/c1-17-13-9-3-2-8(15)6-11(9)18(5-4-12(19)20)14(21)10(13)7-16-17/h2-3,6-7H,4-5H2,1H3,(H,19,20)/i4D,5D2. The number of pyridine rings is 1. The Morgan fingerprint density at radius 3 is 2.95 bits per heavy atom. The number of carbonyl (C=O) groups is 1. The third-order valence-electron chi connectivity index (χ3n) is 3.15. The van der Waals surface area contributed by atoms with Gasteiger partial charge in [0.05, 0.1) is 31.8 Å². The predicted octanol–water partition coefficient (Wildman–Crippen LogP) is 1.50. The maximum atomic E-state index is 13.7. The first-order chi connectivity index (χ1) is 11.2. The van der Waals surface area contributed by atoms with Crippen molar-refractivity contribution in [2.45, 2.75) is 12.9 Å². The molecule has 1 unspecified atom stereocenters. The summed E-state index contributed by atoms with van der Waals surface area (Å²) in [6, 6.07) is 3.45. The first kappa shape index (κ1) is 10.1. The number of carboxylic acids is 1. The number of fused-ring (bicyclic) bond motifs is 3. The van der Waals surface area contributed by atoms with Gasteiger partial charge in [0.15, 0.2) is 0 Å². The molecule has 0 bridgehead atoms. The molecule has 0 saturated carbocycles. The molecule has 2 heterocycles. The van der Waals surface area contributed by atoms with Crippen LogP contribution in [-0.4, -0.2) is 25.4 Å². The van der Waals surface area contributed by atoms with Crippen LogP contribution >= 0.6 is 0 Å². The number of carboxylic acid groups (broad SMARTS) is 1. The number of aromatic nitrogens is 3. The minimum absolute atomic E-state index is 0.0538. The normalized spacial score (nSPS) is 15.6. The van der Waals surface area contributed by atoms with E-state index in [1.807, 2.05) is 0 Å². The van der Waals surface area contributed by atoms with E-state index in [9.17, 15) is 14.0 Å². The van der Waals surface area contributed by atoms with Crippen LogP contribution in [0.3, 0.4) is 0 Å². The van der Waals surface area contributed by atoms with E-state index in [2.05, 4.69) is 5.10 Å². The molecule has 0 aliphatic rings. The molecule has 2 aromatic heterocycles. The highest BCUT2D eigenvalue weighted by Crippen LogP contribution is 2.23. The van der Waals surface area contributed by atoms with Crippen LogP contribution in [0.25, 0.3) is 21.8 Å². The summed E-state index contributed by atoms with van der Waals surface area (Å²) in [6.45, 7) is -2.89. The predicted molar refractivity (Wildman–Crippen MR) is 74.7 cm³/mol. The van der Waals surface area contributed by atoms with Gasteiger partial charge in [-0.2, -0.15) is 5.10 Å². The fraction of sp³-hybridized carbons (Fsp3) is 0.214. The lowest BCUT2D eigenvalue weighted by Gasteiger charge is -2.11. The van der Waals surface area contributed by atoms with Gasteiger partial charge in [0.25, 0.3) is 5.56 Å². The van der Waals surface area contributed by atoms with Gasteiger partial charge in [0.2, 0.25) is 0 Å². The molecule has 0 radical (unpaired) electrons. The summed E-state index contributed by atoms with van der Waals surface area (Å²) in [5.74, 6) is -2.45. The largest absolute Gasteiger partial charge is 0.481 e. The number of aliphatic carboxylic acids is 1. The smallest absolute Gasteiger partial charge is 0.305 e. The van der Waals surface area contributed by atoms with E-state index in [1.165, 1.54) is 16.9 Å². The van der Waals surface area contributed by atoms with E-state index in [4.69, 9.17) is 9.22 Å². The molecule has 0 amide bonds. The molecule has 21 heavy (non-hydrogen) atoms. The van der Waals surface area contributed by atoms with Crippen molar-refractivity contribution < 1.29 is 18.4 Å². The Balaban J connectivity index is 2.55. The Labute approximate surface area is 122 Å². The molecule has 108 valence electrons. The SMILES string of the molecule is [2H]C(C(=O)O)C([2H])([2H])n1c(=O)c2cnn(C)c2c2ccc(F)cc21. The minimum Gasteiger partial charge on any atom is -0.481 e. The molecule has 0 aliphatic carbocycles. The van der Waals surface area contributed by atoms with Crippen molar-refractivity contribution in [3.8, 4) is 0 Å². The van der Waals surface area contributed by atoms with Crippen molar-refractivity contribution >= 4 is 27.8 Å². The molecule has 1 atom stereocenters. The van der Waals surface area contributed by atoms with Gasteiger partial charge in [-0.3, -0.25) is 14.3 Å². The van der Waals surface area contributed by atoms with Crippen molar-refractivity contribution in [2.24, 2.45) is 7.05 Å². The van der Waals surface area contributed by atoms with Gasteiger partial charge in [-0.25, -0.2) is 4.39 Å². The highest BCUT2D eigenvalue weighted by atomic mass is 19.1. The molecular formula is C14H12FN3O3. The summed E-state index contributed by atoms with van der Waals surface area (Å²) in [5, 5.41) is 13.3. The highest BCUT2D eigenvalue weighted by molar-refractivity contribution is 6.03. The first-order valence-corrected chi connectivity index (χ1v) is 5.97. The summed E-state index contributed by atoms with van der Waals surface area (Å²) < 4.78 is 39.1. The van der Waals surface area contributed by atoms with Crippen LogP contribution < -0.4 is 5.56 Å². The summed E-state index contributed by atoms with van der Waals surface area (Å²) >= 11 is 0. The lowest BCUT2D eigenvalue weighted by atomic mass is 10.1. The van der Waals surface area contributed by atoms with Crippen molar-refractivity contribution in [2.75, 3.05) is 0 Å². The van der Waals surface area contributed by atoms with E-state index in [-0.39, 0.29) is 10.9 Å². The topological polar surface area (TPSA) is 77.1 Å². The van der Waals surface area contributed by atoms with E-state index in [0.717, 1.165) is 12.1 Å². The first-order valence-electron chi connectivity index (χ1n) is 7.55. The number of halogens is 1. The number of aryl methyl sites for hydroxylation is 2. The number of hydrogen-bond acceptors (Lipinski definition) is 3. The zero-order chi connectivity index (χ0) is 17.8. The maximum absolute atomic E-state index is 13.7. The van der Waals surface area contributed by atoms with Gasteiger partial charge >= 0.3 is 5.97 Å². The van der Waals surface area contributed by atoms with Crippen molar-refractivity contribution in [3.05, 3.63) is 40.6 Å². The third kappa shape index (κ3) is 2.06.